The highest BCUT2D eigenvalue weighted by Crippen LogP contribution is 3.02. The van der Waals surface area contributed by atoms with Crippen LogP contribution in [0.3, 0.4) is 0 Å². The zero-order chi connectivity index (χ0) is 20.7. The molecule has 0 bridgehead atoms. The standard InChI is InChI=1S/C20H25F5O2S/c1-2-3-4-5-6-15-26-18-9-7-17(8-10-18)16-27-19-11-13-20(14-12-19)28(21,22,23,24)25/h7-14H,2-6,15-16H2,1H3. The number of unbranched alkanes of at least 4 members (excludes halogenated alkanes) is 4. The summed E-state index contributed by atoms with van der Waals surface area (Å²) in [6.45, 7) is 2.92. The fourth-order valence-corrected chi connectivity index (χ4v) is 3.19. The molecule has 0 N–H and O–H groups in total. The van der Waals surface area contributed by atoms with E-state index in [9.17, 15) is 19.4 Å². The maximum atomic E-state index is 12.7. The van der Waals surface area contributed by atoms with E-state index in [1.165, 1.54) is 19.3 Å². The summed E-state index contributed by atoms with van der Waals surface area (Å²) in [6, 6.07) is 9.63. The van der Waals surface area contributed by atoms with Gasteiger partial charge in [-0.05, 0) is 48.4 Å². The molecule has 0 aliphatic heterocycles. The first-order chi connectivity index (χ1) is 13.0. The van der Waals surface area contributed by atoms with Gasteiger partial charge in [0.2, 0.25) is 0 Å². The lowest BCUT2D eigenvalue weighted by Crippen LogP contribution is -2.05. The normalized spacial score (nSPS) is 14.2. The second-order valence-electron chi connectivity index (χ2n) is 6.64. The lowest BCUT2D eigenvalue weighted by molar-refractivity contribution is 0.300. The molecule has 0 saturated carbocycles. The topological polar surface area (TPSA) is 18.5 Å². The predicted octanol–water partition coefficient (Wildman–Crippen LogP) is 8.27. The maximum absolute atomic E-state index is 12.7. The molecule has 2 aromatic rings. The van der Waals surface area contributed by atoms with E-state index in [2.05, 4.69) is 6.92 Å². The summed E-state index contributed by atoms with van der Waals surface area (Å²) in [7, 11) is -9.65. The maximum Gasteiger partial charge on any atom is 0.310 e. The van der Waals surface area contributed by atoms with Gasteiger partial charge in [-0.3, -0.25) is 0 Å². The number of ether oxygens (including phenoxy) is 2. The van der Waals surface area contributed by atoms with E-state index in [1.807, 2.05) is 0 Å². The highest BCUT2D eigenvalue weighted by atomic mass is 32.5. The molecular formula is C20H25F5O2S. The molecule has 2 nitrogen and oxygen atoms in total. The minimum atomic E-state index is -9.65. The molecule has 0 unspecified atom stereocenters. The molecule has 0 aliphatic carbocycles. The van der Waals surface area contributed by atoms with Gasteiger partial charge >= 0.3 is 10.2 Å². The lowest BCUT2D eigenvalue weighted by atomic mass is 10.2. The van der Waals surface area contributed by atoms with Crippen LogP contribution in [0.25, 0.3) is 0 Å². The van der Waals surface area contributed by atoms with Gasteiger partial charge in [0.05, 0.1) is 6.61 Å². The van der Waals surface area contributed by atoms with Crippen LogP contribution in [0, 0.1) is 0 Å². The second-order valence-corrected chi connectivity index (χ2v) is 9.05. The first-order valence-corrected chi connectivity index (χ1v) is 11.1. The van der Waals surface area contributed by atoms with E-state index in [-0.39, 0.29) is 12.4 Å². The number of halogens is 5. The third kappa shape index (κ3) is 7.58. The summed E-state index contributed by atoms with van der Waals surface area (Å²) in [6.07, 6.45) is 5.78. The summed E-state index contributed by atoms with van der Waals surface area (Å²) >= 11 is 0. The summed E-state index contributed by atoms with van der Waals surface area (Å²) in [5.41, 5.74) is 0.784. The van der Waals surface area contributed by atoms with Crippen molar-refractivity contribution in [2.24, 2.45) is 0 Å². The first kappa shape index (κ1) is 22.3. The minimum absolute atomic E-state index is 0.0815. The third-order valence-corrected chi connectivity index (χ3v) is 5.28. The van der Waals surface area contributed by atoms with E-state index < -0.39 is 15.1 Å². The van der Waals surface area contributed by atoms with Gasteiger partial charge in [-0.2, -0.15) is 0 Å². The molecule has 0 heterocycles. The van der Waals surface area contributed by atoms with Crippen molar-refractivity contribution < 1.29 is 28.9 Å². The average molecular weight is 424 g/mol. The fraction of sp³-hybridized carbons (Fsp3) is 0.400. The Morgan fingerprint density at radius 2 is 1.21 bits per heavy atom. The Morgan fingerprint density at radius 1 is 0.679 bits per heavy atom. The number of benzene rings is 2. The molecule has 0 fully saturated rings. The zero-order valence-corrected chi connectivity index (χ0v) is 16.5. The van der Waals surface area contributed by atoms with Crippen LogP contribution in [0.1, 0.15) is 44.6 Å². The monoisotopic (exact) mass is 424 g/mol. The Labute approximate surface area is 162 Å². The number of hydrogen-bond acceptors (Lipinski definition) is 2. The SMILES string of the molecule is CCCCCCCOc1ccc(COc2ccc(S(F)(F)(F)(F)F)cc2)cc1. The minimum Gasteiger partial charge on any atom is -0.494 e. The van der Waals surface area contributed by atoms with Crippen molar-refractivity contribution in [3.63, 3.8) is 0 Å². The molecule has 8 heteroatoms. The van der Waals surface area contributed by atoms with Gasteiger partial charge in [-0.15, -0.1) is 0 Å². The van der Waals surface area contributed by atoms with Crippen LogP contribution in [0.5, 0.6) is 11.5 Å². The van der Waals surface area contributed by atoms with Gasteiger partial charge in [-0.1, -0.05) is 64.2 Å². The molecule has 2 aromatic carbocycles. The quantitative estimate of drug-likeness (QED) is 0.267. The molecule has 0 aromatic heterocycles. The van der Waals surface area contributed by atoms with E-state index >= 15 is 0 Å². The summed E-state index contributed by atoms with van der Waals surface area (Å²) in [4.78, 5) is -1.93. The Bertz CT molecular complexity index is 743. The number of rotatable bonds is 11. The molecular weight excluding hydrogens is 399 g/mol. The molecule has 0 radical (unpaired) electrons. The van der Waals surface area contributed by atoms with Crippen LogP contribution in [0.4, 0.5) is 19.4 Å². The molecule has 0 spiro atoms. The fourth-order valence-electron chi connectivity index (χ4n) is 2.54. The third-order valence-electron chi connectivity index (χ3n) is 4.11. The summed E-state index contributed by atoms with van der Waals surface area (Å²) < 4.78 is 74.4. The molecule has 0 atom stereocenters. The zero-order valence-electron chi connectivity index (χ0n) is 15.7. The van der Waals surface area contributed by atoms with Crippen molar-refractivity contribution in [2.45, 2.75) is 50.5 Å². The number of hydrogen-bond donors (Lipinski definition) is 0. The Morgan fingerprint density at radius 3 is 1.79 bits per heavy atom. The van der Waals surface area contributed by atoms with Crippen LogP contribution in [-0.4, -0.2) is 6.61 Å². The lowest BCUT2D eigenvalue weighted by Gasteiger charge is -2.40. The van der Waals surface area contributed by atoms with Crippen molar-refractivity contribution >= 4 is 10.2 Å². The van der Waals surface area contributed by atoms with E-state index in [1.54, 1.807) is 24.3 Å². The summed E-state index contributed by atoms with van der Waals surface area (Å²) in [5.74, 6) is 0.817. The molecule has 158 valence electrons. The molecule has 28 heavy (non-hydrogen) atoms. The van der Waals surface area contributed by atoms with E-state index in [0.717, 1.165) is 36.3 Å². The van der Waals surface area contributed by atoms with Crippen molar-refractivity contribution in [3.05, 3.63) is 54.1 Å². The van der Waals surface area contributed by atoms with Crippen LogP contribution in [0.15, 0.2) is 53.4 Å². The highest BCUT2D eigenvalue weighted by Gasteiger charge is 2.65. The average Bonchev–Trinajstić information content (AvgIpc) is 2.62. The van der Waals surface area contributed by atoms with Crippen LogP contribution < -0.4 is 9.47 Å². The van der Waals surface area contributed by atoms with E-state index in [4.69, 9.17) is 9.47 Å². The smallest absolute Gasteiger partial charge is 0.310 e. The van der Waals surface area contributed by atoms with Gasteiger partial charge in [0, 0.05) is 0 Å². The Balaban J connectivity index is 1.80. The van der Waals surface area contributed by atoms with Gasteiger partial charge in [-0.25, -0.2) is 0 Å². The van der Waals surface area contributed by atoms with Gasteiger partial charge in [0.25, 0.3) is 0 Å². The largest absolute Gasteiger partial charge is 0.494 e. The van der Waals surface area contributed by atoms with Gasteiger partial charge < -0.3 is 9.47 Å². The molecule has 0 saturated heterocycles. The second kappa shape index (κ2) is 8.19. The molecule has 2 rings (SSSR count). The van der Waals surface area contributed by atoms with Crippen molar-refractivity contribution in [1.29, 1.82) is 0 Å². The first-order valence-electron chi connectivity index (χ1n) is 9.16. The van der Waals surface area contributed by atoms with Crippen molar-refractivity contribution in [3.8, 4) is 11.5 Å². The summed E-state index contributed by atoms with van der Waals surface area (Å²) in [5, 5.41) is 0. The van der Waals surface area contributed by atoms with Crippen LogP contribution in [-0.2, 0) is 6.61 Å². The van der Waals surface area contributed by atoms with Crippen molar-refractivity contribution in [2.75, 3.05) is 6.61 Å². The van der Waals surface area contributed by atoms with E-state index in [0.29, 0.717) is 18.7 Å². The van der Waals surface area contributed by atoms with Crippen LogP contribution >= 0.6 is 10.2 Å². The van der Waals surface area contributed by atoms with Crippen LogP contribution in [0.2, 0.25) is 0 Å². The van der Waals surface area contributed by atoms with Gasteiger partial charge in [0.15, 0.2) is 0 Å². The Hall–Kier alpha value is -1.96. The van der Waals surface area contributed by atoms with Crippen molar-refractivity contribution in [1.82, 2.24) is 0 Å². The molecule has 0 amide bonds. The molecule has 0 aliphatic rings. The van der Waals surface area contributed by atoms with Gasteiger partial charge in [0.1, 0.15) is 23.0 Å². The predicted molar refractivity (Wildman–Crippen MR) is 103 cm³/mol. The Kier molecular flexibility index (Phi) is 6.53. The highest BCUT2D eigenvalue weighted by molar-refractivity contribution is 8.45.